The highest BCUT2D eigenvalue weighted by atomic mass is 32.2. The van der Waals surface area contributed by atoms with Gasteiger partial charge in [0.05, 0.1) is 29.2 Å². The van der Waals surface area contributed by atoms with E-state index >= 15 is 0 Å². The minimum absolute atomic E-state index is 0.169. The van der Waals surface area contributed by atoms with Crippen molar-refractivity contribution in [2.24, 2.45) is 0 Å². The molecule has 2 N–H and O–H groups in total. The lowest BCUT2D eigenvalue weighted by Gasteiger charge is -2.37. The topological polar surface area (TPSA) is 66.4 Å². The molecule has 0 amide bonds. The first-order valence-electron chi connectivity index (χ1n) is 9.44. The summed E-state index contributed by atoms with van der Waals surface area (Å²) >= 11 is 0. The van der Waals surface area contributed by atoms with Gasteiger partial charge in [0.1, 0.15) is 0 Å². The number of sulfone groups is 1. The summed E-state index contributed by atoms with van der Waals surface area (Å²) < 4.78 is 64.7. The van der Waals surface area contributed by atoms with E-state index in [2.05, 4.69) is 5.32 Å². The molecule has 0 aliphatic carbocycles. The standard InChI is InChI=1S/C21H24F3NO3S/c1-2-20(12-16(26)13-21(22,23)24)14-29(27,28)18-11-7-6-10-17(18)19(25-20)15-8-4-3-5-9-15/h3-11,16,19,25-26H,2,12-14H2,1H3/t16-,19-,20-/m0/s1. The van der Waals surface area contributed by atoms with Crippen molar-refractivity contribution in [2.75, 3.05) is 5.75 Å². The lowest BCUT2D eigenvalue weighted by atomic mass is 9.87. The van der Waals surface area contributed by atoms with Crippen molar-refractivity contribution in [3.05, 3.63) is 65.7 Å². The van der Waals surface area contributed by atoms with Gasteiger partial charge in [0.15, 0.2) is 9.84 Å². The molecule has 0 spiro atoms. The van der Waals surface area contributed by atoms with Crippen LogP contribution >= 0.6 is 0 Å². The zero-order valence-corrected chi connectivity index (χ0v) is 16.8. The van der Waals surface area contributed by atoms with Gasteiger partial charge < -0.3 is 5.11 Å². The number of fused-ring (bicyclic) bond motifs is 1. The Morgan fingerprint density at radius 3 is 2.38 bits per heavy atom. The average molecular weight is 427 g/mol. The van der Waals surface area contributed by atoms with Gasteiger partial charge in [-0.25, -0.2) is 8.42 Å². The molecule has 8 heteroatoms. The number of alkyl halides is 3. The van der Waals surface area contributed by atoms with Crippen LogP contribution in [0, 0.1) is 0 Å². The van der Waals surface area contributed by atoms with E-state index in [1.165, 1.54) is 6.07 Å². The van der Waals surface area contributed by atoms with Crippen LogP contribution < -0.4 is 5.32 Å². The largest absolute Gasteiger partial charge is 0.393 e. The molecule has 2 aromatic rings. The van der Waals surface area contributed by atoms with Crippen molar-refractivity contribution in [3.8, 4) is 0 Å². The lowest BCUT2D eigenvalue weighted by Crippen LogP contribution is -2.52. The third kappa shape index (κ3) is 4.99. The Labute approximate surface area is 168 Å². The monoisotopic (exact) mass is 427 g/mol. The number of hydrogen-bond acceptors (Lipinski definition) is 4. The fraction of sp³-hybridized carbons (Fsp3) is 0.429. The van der Waals surface area contributed by atoms with Crippen LogP contribution in [0.4, 0.5) is 13.2 Å². The number of halogens is 3. The van der Waals surface area contributed by atoms with Gasteiger partial charge >= 0.3 is 6.18 Å². The second-order valence-corrected chi connectivity index (χ2v) is 9.55. The van der Waals surface area contributed by atoms with E-state index in [4.69, 9.17) is 0 Å². The van der Waals surface area contributed by atoms with Gasteiger partial charge in [0.25, 0.3) is 0 Å². The Balaban J connectivity index is 2.09. The zero-order chi connectivity index (χ0) is 21.3. The van der Waals surface area contributed by atoms with E-state index in [-0.39, 0.29) is 23.5 Å². The Hall–Kier alpha value is -1.90. The quantitative estimate of drug-likeness (QED) is 0.757. The Kier molecular flexibility index (Phi) is 6.08. The fourth-order valence-electron chi connectivity index (χ4n) is 4.03. The van der Waals surface area contributed by atoms with Gasteiger partial charge in [0.2, 0.25) is 0 Å². The average Bonchev–Trinajstić information content (AvgIpc) is 2.74. The van der Waals surface area contributed by atoms with E-state index in [1.807, 2.05) is 30.3 Å². The molecule has 1 heterocycles. The maximum Gasteiger partial charge on any atom is 0.391 e. The SMILES string of the molecule is CC[C@]1(C[C@H](O)CC(F)(F)F)CS(=O)(=O)c2ccccc2[C@H](c2ccccc2)N1. The minimum atomic E-state index is -4.53. The molecule has 4 nitrogen and oxygen atoms in total. The van der Waals surface area contributed by atoms with Gasteiger partial charge in [-0.15, -0.1) is 0 Å². The van der Waals surface area contributed by atoms with Crippen molar-refractivity contribution in [1.29, 1.82) is 0 Å². The predicted octanol–water partition coefficient (Wildman–Crippen LogP) is 4.01. The van der Waals surface area contributed by atoms with Gasteiger partial charge in [-0.1, -0.05) is 55.5 Å². The van der Waals surface area contributed by atoms with Gasteiger partial charge in [0, 0.05) is 5.54 Å². The van der Waals surface area contributed by atoms with Crippen LogP contribution in [0.2, 0.25) is 0 Å². The molecule has 158 valence electrons. The zero-order valence-electron chi connectivity index (χ0n) is 16.0. The summed E-state index contributed by atoms with van der Waals surface area (Å²) in [6.45, 7) is 1.72. The number of aliphatic hydroxyl groups excluding tert-OH is 1. The predicted molar refractivity (Wildman–Crippen MR) is 104 cm³/mol. The molecule has 0 unspecified atom stereocenters. The number of nitrogens with one attached hydrogen (secondary N) is 1. The highest BCUT2D eigenvalue weighted by Crippen LogP contribution is 2.38. The molecule has 0 radical (unpaired) electrons. The highest BCUT2D eigenvalue weighted by molar-refractivity contribution is 7.91. The molecule has 2 aromatic carbocycles. The van der Waals surface area contributed by atoms with Gasteiger partial charge in [-0.2, -0.15) is 13.2 Å². The van der Waals surface area contributed by atoms with Crippen LogP contribution in [0.15, 0.2) is 59.5 Å². The molecule has 3 atom stereocenters. The Morgan fingerprint density at radius 1 is 1.14 bits per heavy atom. The van der Waals surface area contributed by atoms with Gasteiger partial charge in [-0.05, 0) is 30.0 Å². The summed E-state index contributed by atoms with van der Waals surface area (Å²) in [7, 11) is -3.78. The summed E-state index contributed by atoms with van der Waals surface area (Å²) in [6.07, 6.45) is -7.67. The third-order valence-corrected chi connectivity index (χ3v) is 7.36. The lowest BCUT2D eigenvalue weighted by molar-refractivity contribution is -0.155. The first kappa shape index (κ1) is 21.8. The second-order valence-electron chi connectivity index (χ2n) is 7.60. The number of benzene rings is 2. The van der Waals surface area contributed by atoms with Crippen molar-refractivity contribution < 1.29 is 26.7 Å². The molecule has 0 saturated carbocycles. The van der Waals surface area contributed by atoms with Crippen molar-refractivity contribution in [3.63, 3.8) is 0 Å². The van der Waals surface area contributed by atoms with Crippen molar-refractivity contribution in [1.82, 2.24) is 5.32 Å². The fourth-order valence-corrected chi connectivity index (χ4v) is 6.15. The molecule has 29 heavy (non-hydrogen) atoms. The first-order chi connectivity index (χ1) is 13.6. The molecule has 0 bridgehead atoms. The molecule has 0 aromatic heterocycles. The Morgan fingerprint density at radius 2 is 1.76 bits per heavy atom. The summed E-state index contributed by atoms with van der Waals surface area (Å²) in [6, 6.07) is 15.3. The normalized spacial score (nSPS) is 25.1. The summed E-state index contributed by atoms with van der Waals surface area (Å²) in [4.78, 5) is 0.169. The summed E-state index contributed by atoms with van der Waals surface area (Å²) in [5.41, 5.74) is 0.155. The van der Waals surface area contributed by atoms with Gasteiger partial charge in [-0.3, -0.25) is 5.32 Å². The van der Waals surface area contributed by atoms with Crippen molar-refractivity contribution >= 4 is 9.84 Å². The third-order valence-electron chi connectivity index (χ3n) is 5.39. The molecule has 0 fully saturated rings. The van der Waals surface area contributed by atoms with Crippen LogP contribution in [0.5, 0.6) is 0 Å². The number of hydrogen-bond donors (Lipinski definition) is 2. The number of aliphatic hydroxyl groups is 1. The van der Waals surface area contributed by atoms with E-state index < -0.39 is 40.1 Å². The van der Waals surface area contributed by atoms with E-state index in [9.17, 15) is 26.7 Å². The first-order valence-corrected chi connectivity index (χ1v) is 11.1. The maximum atomic E-state index is 13.2. The Bertz CT molecular complexity index is 947. The van der Waals surface area contributed by atoms with E-state index in [0.29, 0.717) is 5.56 Å². The van der Waals surface area contributed by atoms with Crippen LogP contribution in [-0.2, 0) is 9.84 Å². The van der Waals surface area contributed by atoms with Crippen LogP contribution in [-0.4, -0.2) is 37.1 Å². The smallest absolute Gasteiger partial charge is 0.391 e. The highest BCUT2D eigenvalue weighted by Gasteiger charge is 2.44. The summed E-state index contributed by atoms with van der Waals surface area (Å²) in [5, 5.41) is 13.4. The van der Waals surface area contributed by atoms with Crippen LogP contribution in [0.3, 0.4) is 0 Å². The van der Waals surface area contributed by atoms with Crippen molar-refractivity contribution in [2.45, 2.75) is 54.9 Å². The molecular formula is C21H24F3NO3S. The molecule has 3 rings (SSSR count). The second kappa shape index (κ2) is 8.08. The molecule has 1 aliphatic heterocycles. The van der Waals surface area contributed by atoms with Crippen LogP contribution in [0.25, 0.3) is 0 Å². The van der Waals surface area contributed by atoms with E-state index in [1.54, 1.807) is 25.1 Å². The minimum Gasteiger partial charge on any atom is -0.393 e. The number of rotatable bonds is 5. The molecule has 0 saturated heterocycles. The molecular weight excluding hydrogens is 403 g/mol. The van der Waals surface area contributed by atoms with E-state index in [0.717, 1.165) is 5.56 Å². The maximum absolute atomic E-state index is 13.2. The summed E-state index contributed by atoms with van der Waals surface area (Å²) in [5.74, 6) is -0.383. The van der Waals surface area contributed by atoms with Crippen LogP contribution in [0.1, 0.15) is 43.4 Å². The molecule has 1 aliphatic rings.